The Kier molecular flexibility index (Phi) is 4.46. The first-order valence-electron chi connectivity index (χ1n) is 5.72. The van der Waals surface area contributed by atoms with Crippen LogP contribution in [-0.2, 0) is 0 Å². The molecule has 0 radical (unpaired) electrons. The average Bonchev–Trinajstić information content (AvgIpc) is 2.52. The number of aromatic nitrogens is 2. The first-order chi connectivity index (χ1) is 7.15. The highest BCUT2D eigenvalue weighted by Crippen LogP contribution is 2.16. The molecule has 0 amide bonds. The Morgan fingerprint density at radius 2 is 2.20 bits per heavy atom. The van der Waals surface area contributed by atoms with E-state index in [0.29, 0.717) is 5.82 Å². The molecule has 1 aromatic rings. The third-order valence-corrected chi connectivity index (χ3v) is 2.70. The molecular weight excluding hydrogens is 190 g/mol. The van der Waals surface area contributed by atoms with Crippen LogP contribution in [0.3, 0.4) is 0 Å². The van der Waals surface area contributed by atoms with Crippen molar-refractivity contribution in [2.24, 2.45) is 0 Å². The largest absolute Gasteiger partial charge is 0.384 e. The molecule has 4 heteroatoms. The van der Waals surface area contributed by atoms with Crippen molar-refractivity contribution in [3.05, 3.63) is 16.4 Å². The maximum atomic E-state index is 11.0. The molecule has 0 aromatic carbocycles. The van der Waals surface area contributed by atoms with Crippen LogP contribution in [0.5, 0.6) is 0 Å². The fourth-order valence-corrected chi connectivity index (χ4v) is 1.78. The van der Waals surface area contributed by atoms with E-state index >= 15 is 0 Å². The molecule has 15 heavy (non-hydrogen) atoms. The van der Waals surface area contributed by atoms with E-state index < -0.39 is 0 Å². The van der Waals surface area contributed by atoms with Crippen molar-refractivity contribution in [3.63, 3.8) is 0 Å². The minimum absolute atomic E-state index is 0.118. The normalized spacial score (nSPS) is 12.9. The zero-order valence-electron chi connectivity index (χ0n) is 9.62. The van der Waals surface area contributed by atoms with Gasteiger partial charge in [-0.2, -0.15) is 0 Å². The van der Waals surface area contributed by atoms with E-state index in [9.17, 15) is 4.79 Å². The van der Waals surface area contributed by atoms with E-state index in [1.165, 1.54) is 31.7 Å². The molecular formula is C11H21N3O. The Bertz CT molecular complexity index is 340. The van der Waals surface area contributed by atoms with Gasteiger partial charge in [0.1, 0.15) is 5.82 Å². The molecule has 1 rings (SSSR count). The molecule has 0 bridgehead atoms. The number of rotatable bonds is 6. The first-order valence-corrected chi connectivity index (χ1v) is 5.72. The second-order valence-corrected chi connectivity index (χ2v) is 4.11. The zero-order chi connectivity index (χ0) is 11.3. The summed E-state index contributed by atoms with van der Waals surface area (Å²) in [6.07, 6.45) is 6.04. The monoisotopic (exact) mass is 211 g/mol. The molecule has 0 unspecified atom stereocenters. The van der Waals surface area contributed by atoms with Gasteiger partial charge in [0.25, 0.3) is 5.56 Å². The quantitative estimate of drug-likeness (QED) is 0.709. The lowest BCUT2D eigenvalue weighted by Gasteiger charge is -2.14. The molecule has 3 N–H and O–H groups in total. The van der Waals surface area contributed by atoms with Crippen molar-refractivity contribution < 1.29 is 0 Å². The number of anilines is 1. The maximum absolute atomic E-state index is 11.0. The number of nitrogens with zero attached hydrogens (tertiary/aromatic N) is 1. The summed E-state index contributed by atoms with van der Waals surface area (Å²) in [7, 11) is 0. The lowest BCUT2D eigenvalue weighted by molar-refractivity contribution is 0.439. The van der Waals surface area contributed by atoms with Crippen LogP contribution in [-0.4, -0.2) is 9.78 Å². The minimum atomic E-state index is -0.118. The number of unbranched alkanes of at least 4 members (excludes halogenated alkanes) is 3. The second-order valence-electron chi connectivity index (χ2n) is 4.11. The Hall–Kier alpha value is -1.19. The van der Waals surface area contributed by atoms with Gasteiger partial charge in [0, 0.05) is 12.1 Å². The molecule has 0 fully saturated rings. The highest BCUT2D eigenvalue weighted by molar-refractivity contribution is 5.26. The van der Waals surface area contributed by atoms with E-state index in [1.807, 2.05) is 0 Å². The van der Waals surface area contributed by atoms with Gasteiger partial charge in [0.15, 0.2) is 0 Å². The van der Waals surface area contributed by atoms with Gasteiger partial charge in [0.2, 0.25) is 0 Å². The molecule has 1 atom stereocenters. The summed E-state index contributed by atoms with van der Waals surface area (Å²) >= 11 is 0. The third kappa shape index (κ3) is 3.46. The highest BCUT2D eigenvalue weighted by atomic mass is 16.1. The van der Waals surface area contributed by atoms with E-state index in [2.05, 4.69) is 18.9 Å². The van der Waals surface area contributed by atoms with E-state index in [-0.39, 0.29) is 11.6 Å². The van der Waals surface area contributed by atoms with Gasteiger partial charge in [-0.3, -0.25) is 14.6 Å². The summed E-state index contributed by atoms with van der Waals surface area (Å²) in [4.78, 5) is 11.0. The molecule has 1 heterocycles. The van der Waals surface area contributed by atoms with Crippen molar-refractivity contribution in [1.82, 2.24) is 9.78 Å². The lowest BCUT2D eigenvalue weighted by atomic mass is 10.1. The number of hydrogen-bond acceptors (Lipinski definition) is 2. The summed E-state index contributed by atoms with van der Waals surface area (Å²) in [6.45, 7) is 4.28. The van der Waals surface area contributed by atoms with E-state index in [4.69, 9.17) is 5.73 Å². The number of hydrogen-bond donors (Lipinski definition) is 2. The van der Waals surface area contributed by atoms with E-state index in [1.54, 1.807) is 4.68 Å². The van der Waals surface area contributed by atoms with Gasteiger partial charge in [-0.15, -0.1) is 0 Å². The average molecular weight is 211 g/mol. The summed E-state index contributed by atoms with van der Waals surface area (Å²) in [5.74, 6) is 0.531. The predicted molar refractivity (Wildman–Crippen MR) is 62.9 cm³/mol. The van der Waals surface area contributed by atoms with Gasteiger partial charge in [-0.25, -0.2) is 0 Å². The maximum Gasteiger partial charge on any atom is 0.266 e. The van der Waals surface area contributed by atoms with Gasteiger partial charge in [-0.1, -0.05) is 32.6 Å². The number of nitrogens with two attached hydrogens (primary N) is 1. The lowest BCUT2D eigenvalue weighted by Crippen LogP contribution is -2.12. The molecule has 0 aliphatic rings. The number of nitrogens with one attached hydrogen (secondary N) is 1. The SMILES string of the molecule is CCCCCC[C@@H](C)n1[nH]c(=O)cc1N. The Balaban J connectivity index is 2.43. The van der Waals surface area contributed by atoms with Crippen LogP contribution in [0.25, 0.3) is 0 Å². The smallest absolute Gasteiger partial charge is 0.266 e. The summed E-state index contributed by atoms with van der Waals surface area (Å²) in [6, 6.07) is 1.72. The standard InChI is InChI=1S/C11H21N3O/c1-3-4-5-6-7-9(2)14-10(12)8-11(15)13-14/h8-9H,3-7,12H2,1-2H3,(H,13,15)/t9-/m1/s1. The van der Waals surface area contributed by atoms with Gasteiger partial charge in [-0.05, 0) is 13.3 Å². The topological polar surface area (TPSA) is 63.8 Å². The van der Waals surface area contributed by atoms with Crippen LogP contribution in [0, 0.1) is 0 Å². The van der Waals surface area contributed by atoms with Gasteiger partial charge in [0.05, 0.1) is 0 Å². The van der Waals surface area contributed by atoms with Crippen molar-refractivity contribution in [2.45, 2.75) is 52.0 Å². The van der Waals surface area contributed by atoms with Crippen LogP contribution in [0.15, 0.2) is 10.9 Å². The zero-order valence-corrected chi connectivity index (χ0v) is 9.62. The first kappa shape index (κ1) is 11.9. The molecule has 0 spiro atoms. The third-order valence-electron chi connectivity index (χ3n) is 2.70. The molecule has 0 saturated heterocycles. The minimum Gasteiger partial charge on any atom is -0.384 e. The van der Waals surface area contributed by atoms with Gasteiger partial charge >= 0.3 is 0 Å². The fourth-order valence-electron chi connectivity index (χ4n) is 1.78. The molecule has 1 aromatic heterocycles. The van der Waals surface area contributed by atoms with Crippen LogP contribution in [0.2, 0.25) is 0 Å². The van der Waals surface area contributed by atoms with Crippen LogP contribution < -0.4 is 11.3 Å². The number of aromatic amines is 1. The van der Waals surface area contributed by atoms with Crippen LogP contribution in [0.1, 0.15) is 52.0 Å². The van der Waals surface area contributed by atoms with Gasteiger partial charge < -0.3 is 5.73 Å². The summed E-state index contributed by atoms with van der Waals surface area (Å²) < 4.78 is 1.76. The fraction of sp³-hybridized carbons (Fsp3) is 0.727. The molecule has 4 nitrogen and oxygen atoms in total. The summed E-state index contributed by atoms with van der Waals surface area (Å²) in [5.41, 5.74) is 5.59. The predicted octanol–water partition coefficient (Wildman–Crippen LogP) is 2.29. The van der Waals surface area contributed by atoms with Crippen molar-refractivity contribution in [2.75, 3.05) is 5.73 Å². The molecule has 0 aliphatic heterocycles. The van der Waals surface area contributed by atoms with Crippen molar-refractivity contribution in [1.29, 1.82) is 0 Å². The number of H-pyrrole nitrogens is 1. The molecule has 86 valence electrons. The Morgan fingerprint density at radius 3 is 2.73 bits per heavy atom. The summed E-state index contributed by atoms with van der Waals surface area (Å²) in [5, 5.41) is 2.72. The second kappa shape index (κ2) is 5.63. The Labute approximate surface area is 90.5 Å². The Morgan fingerprint density at radius 1 is 1.47 bits per heavy atom. The van der Waals surface area contributed by atoms with E-state index in [0.717, 1.165) is 6.42 Å². The molecule has 0 aliphatic carbocycles. The highest BCUT2D eigenvalue weighted by Gasteiger charge is 2.08. The van der Waals surface area contributed by atoms with Crippen molar-refractivity contribution >= 4 is 5.82 Å². The molecule has 0 saturated carbocycles. The number of nitrogen functional groups attached to an aromatic ring is 1. The van der Waals surface area contributed by atoms with Crippen LogP contribution >= 0.6 is 0 Å². The van der Waals surface area contributed by atoms with Crippen molar-refractivity contribution in [3.8, 4) is 0 Å². The van der Waals surface area contributed by atoms with Crippen LogP contribution in [0.4, 0.5) is 5.82 Å².